The lowest BCUT2D eigenvalue weighted by molar-refractivity contribution is -0.118. The van der Waals surface area contributed by atoms with Crippen molar-refractivity contribution in [3.63, 3.8) is 0 Å². The van der Waals surface area contributed by atoms with Gasteiger partial charge in [0.05, 0.1) is 17.1 Å². The Labute approximate surface area is 116 Å². The van der Waals surface area contributed by atoms with Crippen molar-refractivity contribution in [2.24, 2.45) is 0 Å². The van der Waals surface area contributed by atoms with Crippen LogP contribution < -0.4 is 21.1 Å². The van der Waals surface area contributed by atoms with Crippen molar-refractivity contribution in [1.29, 1.82) is 0 Å². The number of benzene rings is 1. The highest BCUT2D eigenvalue weighted by molar-refractivity contribution is 6.00. The van der Waals surface area contributed by atoms with Crippen molar-refractivity contribution in [3.8, 4) is 5.75 Å². The maximum Gasteiger partial charge on any atom is 0.262 e. The van der Waals surface area contributed by atoms with Gasteiger partial charge in [-0.3, -0.25) is 9.59 Å². The number of ether oxygens (including phenoxy) is 2. The third-order valence-corrected chi connectivity index (χ3v) is 2.81. The van der Waals surface area contributed by atoms with Gasteiger partial charge in [-0.1, -0.05) is 0 Å². The first-order chi connectivity index (χ1) is 9.60. The third kappa shape index (κ3) is 3.39. The molecule has 0 unspecified atom stereocenters. The van der Waals surface area contributed by atoms with Crippen LogP contribution in [0.5, 0.6) is 5.75 Å². The molecule has 1 aliphatic heterocycles. The van der Waals surface area contributed by atoms with Gasteiger partial charge in [0.15, 0.2) is 6.61 Å². The lowest BCUT2D eigenvalue weighted by Crippen LogP contribution is -2.25. The number of nitrogens with one attached hydrogen (secondary N) is 2. The number of amides is 2. The summed E-state index contributed by atoms with van der Waals surface area (Å²) in [6, 6.07) is 3.18. The van der Waals surface area contributed by atoms with Gasteiger partial charge in [0.1, 0.15) is 5.75 Å². The molecule has 0 aliphatic carbocycles. The van der Waals surface area contributed by atoms with E-state index in [1.165, 1.54) is 0 Å². The zero-order valence-electron chi connectivity index (χ0n) is 11.2. The number of methoxy groups -OCH3 is 1. The molecular weight excluding hydrogens is 262 g/mol. The van der Waals surface area contributed by atoms with Crippen LogP contribution in [0.1, 0.15) is 12.8 Å². The Bertz CT molecular complexity index is 531. The summed E-state index contributed by atoms with van der Waals surface area (Å²) in [4.78, 5) is 23.0. The number of carbonyl (C=O) groups is 2. The number of rotatable bonds is 5. The highest BCUT2D eigenvalue weighted by Crippen LogP contribution is 2.35. The summed E-state index contributed by atoms with van der Waals surface area (Å²) in [6.07, 6.45) is 0.972. The molecule has 1 aliphatic rings. The summed E-state index contributed by atoms with van der Waals surface area (Å²) >= 11 is 0. The predicted octanol–water partition coefficient (Wildman–Crippen LogP) is 0.965. The zero-order valence-corrected chi connectivity index (χ0v) is 11.2. The van der Waals surface area contributed by atoms with Crippen molar-refractivity contribution in [2.45, 2.75) is 12.8 Å². The second kappa shape index (κ2) is 6.25. The van der Waals surface area contributed by atoms with Gasteiger partial charge < -0.3 is 25.8 Å². The molecule has 0 atom stereocenters. The minimum absolute atomic E-state index is 0.0326. The molecule has 0 saturated carbocycles. The molecule has 1 aromatic rings. The van der Waals surface area contributed by atoms with Crippen molar-refractivity contribution in [3.05, 3.63) is 12.1 Å². The monoisotopic (exact) mass is 279 g/mol. The molecule has 1 heterocycles. The van der Waals surface area contributed by atoms with Crippen LogP contribution in [0.15, 0.2) is 12.1 Å². The van der Waals surface area contributed by atoms with Crippen LogP contribution in [0, 0.1) is 0 Å². The number of nitrogen functional groups attached to an aromatic ring is 1. The summed E-state index contributed by atoms with van der Waals surface area (Å²) in [7, 11) is 1.59. The molecule has 1 aromatic carbocycles. The maximum atomic E-state index is 11.7. The van der Waals surface area contributed by atoms with E-state index < -0.39 is 0 Å². The SMILES string of the molecule is COCCCC(=O)Nc1cc2c(cc1N)OCC(=O)N2. The Balaban J connectivity index is 2.06. The van der Waals surface area contributed by atoms with Crippen LogP contribution in [0.25, 0.3) is 0 Å². The van der Waals surface area contributed by atoms with Crippen LogP contribution in [0.4, 0.5) is 17.1 Å². The van der Waals surface area contributed by atoms with E-state index in [0.29, 0.717) is 42.3 Å². The first-order valence-electron chi connectivity index (χ1n) is 6.25. The molecule has 7 nitrogen and oxygen atoms in total. The second-order valence-electron chi connectivity index (χ2n) is 4.42. The van der Waals surface area contributed by atoms with Crippen LogP contribution in [0.2, 0.25) is 0 Å². The quantitative estimate of drug-likeness (QED) is 0.550. The lowest BCUT2D eigenvalue weighted by Gasteiger charge is -2.20. The third-order valence-electron chi connectivity index (χ3n) is 2.81. The van der Waals surface area contributed by atoms with Gasteiger partial charge in [-0.25, -0.2) is 0 Å². The van der Waals surface area contributed by atoms with Crippen molar-refractivity contribution in [2.75, 3.05) is 36.7 Å². The summed E-state index contributed by atoms with van der Waals surface area (Å²) in [6.45, 7) is 0.492. The maximum absolute atomic E-state index is 11.7. The van der Waals surface area contributed by atoms with Crippen molar-refractivity contribution >= 4 is 28.9 Å². The molecule has 0 bridgehead atoms. The molecule has 2 rings (SSSR count). The number of carbonyl (C=O) groups excluding carboxylic acids is 2. The van der Waals surface area contributed by atoms with E-state index in [1.54, 1.807) is 19.2 Å². The molecule has 0 fully saturated rings. The number of hydrogen-bond donors (Lipinski definition) is 3. The molecule has 0 aromatic heterocycles. The predicted molar refractivity (Wildman–Crippen MR) is 74.7 cm³/mol. The van der Waals surface area contributed by atoms with E-state index in [2.05, 4.69) is 10.6 Å². The number of hydrogen-bond acceptors (Lipinski definition) is 5. The van der Waals surface area contributed by atoms with Gasteiger partial charge >= 0.3 is 0 Å². The van der Waals surface area contributed by atoms with Crippen LogP contribution >= 0.6 is 0 Å². The van der Waals surface area contributed by atoms with Crippen LogP contribution in [-0.2, 0) is 14.3 Å². The summed E-state index contributed by atoms with van der Waals surface area (Å²) in [5, 5.41) is 5.37. The fraction of sp³-hybridized carbons (Fsp3) is 0.385. The van der Waals surface area contributed by atoms with Gasteiger partial charge in [0.25, 0.3) is 5.91 Å². The first kappa shape index (κ1) is 14.1. The average Bonchev–Trinajstić information content (AvgIpc) is 2.40. The van der Waals surface area contributed by atoms with E-state index >= 15 is 0 Å². The van der Waals surface area contributed by atoms with E-state index in [1.807, 2.05) is 0 Å². The van der Waals surface area contributed by atoms with Crippen molar-refractivity contribution in [1.82, 2.24) is 0 Å². The Morgan fingerprint density at radius 3 is 3.10 bits per heavy atom. The first-order valence-corrected chi connectivity index (χ1v) is 6.25. The Morgan fingerprint density at radius 2 is 2.35 bits per heavy atom. The number of fused-ring (bicyclic) bond motifs is 1. The Hall–Kier alpha value is -2.28. The van der Waals surface area contributed by atoms with E-state index in [9.17, 15) is 9.59 Å². The number of anilines is 3. The summed E-state index contributed by atoms with van der Waals surface area (Å²) in [5.41, 5.74) is 7.20. The molecule has 2 amide bonds. The van der Waals surface area contributed by atoms with Gasteiger partial charge in [0, 0.05) is 26.2 Å². The van der Waals surface area contributed by atoms with Crippen molar-refractivity contribution < 1.29 is 19.1 Å². The minimum Gasteiger partial charge on any atom is -0.482 e. The van der Waals surface area contributed by atoms with E-state index in [0.717, 1.165) is 0 Å². The molecule has 0 saturated heterocycles. The normalized spacial score (nSPS) is 13.2. The molecule has 0 spiro atoms. The highest BCUT2D eigenvalue weighted by atomic mass is 16.5. The fourth-order valence-corrected chi connectivity index (χ4v) is 1.84. The Morgan fingerprint density at radius 1 is 1.55 bits per heavy atom. The van der Waals surface area contributed by atoms with E-state index in [-0.39, 0.29) is 18.4 Å². The topological polar surface area (TPSA) is 103 Å². The molecule has 108 valence electrons. The fourth-order valence-electron chi connectivity index (χ4n) is 1.84. The molecular formula is C13H17N3O4. The summed E-state index contributed by atoms with van der Waals surface area (Å²) < 4.78 is 10.1. The largest absolute Gasteiger partial charge is 0.482 e. The zero-order chi connectivity index (χ0) is 14.5. The lowest BCUT2D eigenvalue weighted by atomic mass is 10.2. The molecule has 7 heteroatoms. The standard InChI is InChI=1S/C13H17N3O4/c1-19-4-2-3-12(17)15-9-6-10-11(5-8(9)14)20-7-13(18)16-10/h5-6H,2-4,7,14H2,1H3,(H,15,17)(H,16,18). The number of nitrogens with two attached hydrogens (primary N) is 1. The van der Waals surface area contributed by atoms with Gasteiger partial charge in [-0.05, 0) is 12.5 Å². The van der Waals surface area contributed by atoms with E-state index in [4.69, 9.17) is 15.2 Å². The second-order valence-corrected chi connectivity index (χ2v) is 4.42. The molecule has 20 heavy (non-hydrogen) atoms. The molecule has 0 radical (unpaired) electrons. The van der Waals surface area contributed by atoms with Gasteiger partial charge in [-0.15, -0.1) is 0 Å². The van der Waals surface area contributed by atoms with Gasteiger partial charge in [-0.2, -0.15) is 0 Å². The molecule has 4 N–H and O–H groups in total. The summed E-state index contributed by atoms with van der Waals surface area (Å²) in [5.74, 6) is 0.107. The Kier molecular flexibility index (Phi) is 4.41. The van der Waals surface area contributed by atoms with Crippen LogP contribution in [0.3, 0.4) is 0 Å². The highest BCUT2D eigenvalue weighted by Gasteiger charge is 2.18. The van der Waals surface area contributed by atoms with Crippen LogP contribution in [-0.4, -0.2) is 32.1 Å². The van der Waals surface area contributed by atoms with Gasteiger partial charge in [0.2, 0.25) is 5.91 Å². The smallest absolute Gasteiger partial charge is 0.262 e. The average molecular weight is 279 g/mol. The minimum atomic E-state index is -0.236.